The lowest BCUT2D eigenvalue weighted by Crippen LogP contribution is -2.43. The Morgan fingerprint density at radius 1 is 1.43 bits per heavy atom. The third kappa shape index (κ3) is 4.20. The van der Waals surface area contributed by atoms with Crippen LogP contribution in [-0.4, -0.2) is 30.5 Å². The summed E-state index contributed by atoms with van der Waals surface area (Å²) in [5.41, 5.74) is 1.01. The first-order valence-corrected chi connectivity index (χ1v) is 8.91. The largest absolute Gasteiger partial charge is 0.459 e. The normalized spacial score (nSPS) is 17.1. The maximum Gasteiger partial charge on any atom is 0.226 e. The number of piperidine rings is 1. The van der Waals surface area contributed by atoms with Crippen LogP contribution in [0.15, 0.2) is 21.9 Å². The average molecular weight is 333 g/mol. The van der Waals surface area contributed by atoms with Crippen LogP contribution in [0.3, 0.4) is 0 Å². The molecule has 1 amide bonds. The highest BCUT2D eigenvalue weighted by atomic mass is 32.1. The number of nitrogens with one attached hydrogen (secondary N) is 2. The Hall–Kier alpha value is -1.66. The van der Waals surface area contributed by atoms with Gasteiger partial charge in [-0.15, -0.1) is 11.3 Å². The van der Waals surface area contributed by atoms with Crippen LogP contribution in [0.5, 0.6) is 0 Å². The lowest BCUT2D eigenvalue weighted by molar-refractivity contribution is -0.121. The number of carbonyl (C=O) groups is 1. The van der Waals surface area contributed by atoms with Gasteiger partial charge in [-0.3, -0.25) is 4.79 Å². The third-order valence-electron chi connectivity index (χ3n) is 4.37. The lowest BCUT2D eigenvalue weighted by Gasteiger charge is -2.34. The molecular weight excluding hydrogens is 310 g/mol. The number of aryl methyl sites for hydroxylation is 1. The zero-order valence-electron chi connectivity index (χ0n) is 13.6. The van der Waals surface area contributed by atoms with E-state index in [1.54, 1.807) is 0 Å². The summed E-state index contributed by atoms with van der Waals surface area (Å²) < 4.78 is 5.57. The maximum atomic E-state index is 12.2. The van der Waals surface area contributed by atoms with Gasteiger partial charge in [-0.05, 0) is 50.4 Å². The monoisotopic (exact) mass is 333 g/mol. The van der Waals surface area contributed by atoms with Crippen molar-refractivity contribution in [3.63, 3.8) is 0 Å². The average Bonchev–Trinajstić information content (AvgIpc) is 3.15. The summed E-state index contributed by atoms with van der Waals surface area (Å²) in [4.78, 5) is 16.7. The highest BCUT2D eigenvalue weighted by Gasteiger charge is 2.27. The predicted octanol–water partition coefficient (Wildman–Crippen LogP) is 2.76. The van der Waals surface area contributed by atoms with E-state index >= 15 is 0 Å². The molecule has 6 heteroatoms. The topological polar surface area (TPSA) is 67.2 Å². The SMILES string of the molecule is Cc1ccc(-c2nc(CC(=O)NCC3(C)CCNCC3)cs2)o1. The van der Waals surface area contributed by atoms with Crippen LogP contribution in [0, 0.1) is 12.3 Å². The van der Waals surface area contributed by atoms with Gasteiger partial charge in [-0.1, -0.05) is 6.92 Å². The highest BCUT2D eigenvalue weighted by molar-refractivity contribution is 7.13. The molecule has 124 valence electrons. The van der Waals surface area contributed by atoms with Crippen molar-refractivity contribution < 1.29 is 9.21 Å². The van der Waals surface area contributed by atoms with E-state index < -0.39 is 0 Å². The minimum atomic E-state index is 0.0391. The van der Waals surface area contributed by atoms with Crippen molar-refractivity contribution in [2.24, 2.45) is 5.41 Å². The molecule has 1 fully saturated rings. The van der Waals surface area contributed by atoms with E-state index in [2.05, 4.69) is 22.5 Å². The van der Waals surface area contributed by atoms with Gasteiger partial charge in [0.15, 0.2) is 10.8 Å². The van der Waals surface area contributed by atoms with Crippen molar-refractivity contribution in [3.8, 4) is 10.8 Å². The van der Waals surface area contributed by atoms with Gasteiger partial charge in [0.25, 0.3) is 0 Å². The molecule has 0 saturated carbocycles. The summed E-state index contributed by atoms with van der Waals surface area (Å²) in [6.45, 7) is 6.96. The number of nitrogens with zero attached hydrogens (tertiary/aromatic N) is 1. The first-order valence-electron chi connectivity index (χ1n) is 8.03. The summed E-state index contributed by atoms with van der Waals surface area (Å²) in [6.07, 6.45) is 2.53. The second-order valence-electron chi connectivity index (χ2n) is 6.57. The van der Waals surface area contributed by atoms with Gasteiger partial charge < -0.3 is 15.1 Å². The van der Waals surface area contributed by atoms with Gasteiger partial charge >= 0.3 is 0 Å². The van der Waals surface area contributed by atoms with Gasteiger partial charge in [0.2, 0.25) is 5.91 Å². The number of furan rings is 1. The molecule has 0 unspecified atom stereocenters. The third-order valence-corrected chi connectivity index (χ3v) is 5.27. The van der Waals surface area contributed by atoms with Crippen molar-refractivity contribution in [2.75, 3.05) is 19.6 Å². The zero-order valence-corrected chi connectivity index (χ0v) is 14.5. The minimum Gasteiger partial charge on any atom is -0.459 e. The van der Waals surface area contributed by atoms with Crippen LogP contribution < -0.4 is 10.6 Å². The Balaban J connectivity index is 1.53. The first kappa shape index (κ1) is 16.2. The van der Waals surface area contributed by atoms with Gasteiger partial charge in [0, 0.05) is 11.9 Å². The van der Waals surface area contributed by atoms with Gasteiger partial charge in [-0.2, -0.15) is 0 Å². The van der Waals surface area contributed by atoms with E-state index in [0.29, 0.717) is 6.42 Å². The fourth-order valence-corrected chi connectivity index (χ4v) is 3.58. The quantitative estimate of drug-likeness (QED) is 0.883. The van der Waals surface area contributed by atoms with E-state index in [0.717, 1.165) is 54.7 Å². The van der Waals surface area contributed by atoms with Gasteiger partial charge in [0.1, 0.15) is 5.76 Å². The minimum absolute atomic E-state index is 0.0391. The number of aromatic nitrogens is 1. The van der Waals surface area contributed by atoms with Crippen LogP contribution in [-0.2, 0) is 11.2 Å². The number of thiazole rings is 1. The number of amides is 1. The molecule has 0 atom stereocenters. The molecule has 1 saturated heterocycles. The molecule has 0 radical (unpaired) electrons. The lowest BCUT2D eigenvalue weighted by atomic mass is 9.81. The molecule has 0 aliphatic carbocycles. The number of carbonyl (C=O) groups excluding carboxylic acids is 1. The standard InChI is InChI=1S/C17H23N3O2S/c1-12-3-4-14(22-12)16-20-13(10-23-16)9-15(21)19-11-17(2)5-7-18-8-6-17/h3-4,10,18H,5-9,11H2,1-2H3,(H,19,21). The second kappa shape index (κ2) is 6.84. The predicted molar refractivity (Wildman–Crippen MR) is 91.5 cm³/mol. The Labute approximate surface area is 140 Å². The molecule has 0 bridgehead atoms. The summed E-state index contributed by atoms with van der Waals surface area (Å²) in [5.74, 6) is 1.67. The molecule has 2 N–H and O–H groups in total. The van der Waals surface area contributed by atoms with Crippen LogP contribution in [0.25, 0.3) is 10.8 Å². The number of hydrogen-bond donors (Lipinski definition) is 2. The van der Waals surface area contributed by atoms with E-state index in [4.69, 9.17) is 4.42 Å². The summed E-state index contributed by atoms with van der Waals surface area (Å²) >= 11 is 1.51. The molecule has 5 nitrogen and oxygen atoms in total. The molecule has 3 heterocycles. The Bertz CT molecular complexity index is 671. The molecule has 0 aromatic carbocycles. The molecular formula is C17H23N3O2S. The second-order valence-corrected chi connectivity index (χ2v) is 7.43. The fraction of sp³-hybridized carbons (Fsp3) is 0.529. The van der Waals surface area contributed by atoms with Crippen molar-refractivity contribution >= 4 is 17.2 Å². The van der Waals surface area contributed by atoms with E-state index in [1.165, 1.54) is 11.3 Å². The molecule has 1 aliphatic heterocycles. The Morgan fingerprint density at radius 2 is 2.22 bits per heavy atom. The molecule has 2 aromatic rings. The first-order chi connectivity index (χ1) is 11.0. The van der Waals surface area contributed by atoms with Gasteiger partial charge in [0.05, 0.1) is 12.1 Å². The maximum absolute atomic E-state index is 12.2. The molecule has 23 heavy (non-hydrogen) atoms. The molecule has 2 aromatic heterocycles. The van der Waals surface area contributed by atoms with E-state index in [1.807, 2.05) is 24.4 Å². The molecule has 1 aliphatic rings. The van der Waals surface area contributed by atoms with Gasteiger partial charge in [-0.25, -0.2) is 4.98 Å². The van der Waals surface area contributed by atoms with Crippen LogP contribution in [0.2, 0.25) is 0 Å². The van der Waals surface area contributed by atoms with Crippen LogP contribution >= 0.6 is 11.3 Å². The summed E-state index contributed by atoms with van der Waals surface area (Å²) in [5, 5.41) is 9.18. The Morgan fingerprint density at radius 3 is 2.91 bits per heavy atom. The fourth-order valence-electron chi connectivity index (χ4n) is 2.80. The van der Waals surface area contributed by atoms with E-state index in [-0.39, 0.29) is 11.3 Å². The Kier molecular flexibility index (Phi) is 4.82. The van der Waals surface area contributed by atoms with Crippen LogP contribution in [0.4, 0.5) is 0 Å². The van der Waals surface area contributed by atoms with Crippen molar-refractivity contribution in [3.05, 3.63) is 29.0 Å². The summed E-state index contributed by atoms with van der Waals surface area (Å²) in [7, 11) is 0. The van der Waals surface area contributed by atoms with Crippen molar-refractivity contribution in [2.45, 2.75) is 33.1 Å². The molecule has 3 rings (SSSR count). The summed E-state index contributed by atoms with van der Waals surface area (Å²) in [6, 6.07) is 3.83. The van der Waals surface area contributed by atoms with Crippen molar-refractivity contribution in [1.82, 2.24) is 15.6 Å². The number of rotatable bonds is 5. The zero-order chi connectivity index (χ0) is 16.3. The highest BCUT2D eigenvalue weighted by Crippen LogP contribution is 2.27. The number of hydrogen-bond acceptors (Lipinski definition) is 5. The smallest absolute Gasteiger partial charge is 0.226 e. The van der Waals surface area contributed by atoms with Crippen molar-refractivity contribution in [1.29, 1.82) is 0 Å². The van der Waals surface area contributed by atoms with Crippen LogP contribution in [0.1, 0.15) is 31.2 Å². The molecule has 0 spiro atoms. The van der Waals surface area contributed by atoms with E-state index in [9.17, 15) is 4.79 Å².